The Bertz CT molecular complexity index is 545. The molecule has 0 atom stereocenters. The van der Waals surface area contributed by atoms with E-state index in [1.165, 1.54) is 0 Å². The lowest BCUT2D eigenvalue weighted by molar-refractivity contribution is 0.100. The zero-order valence-corrected chi connectivity index (χ0v) is 9.29. The van der Waals surface area contributed by atoms with Gasteiger partial charge in [0.25, 0.3) is 0 Å². The minimum Gasteiger partial charge on any atom is -0.390 e. The van der Waals surface area contributed by atoms with E-state index >= 15 is 0 Å². The van der Waals surface area contributed by atoms with Gasteiger partial charge in [-0.25, -0.2) is 4.68 Å². The summed E-state index contributed by atoms with van der Waals surface area (Å²) in [4.78, 5) is 10.9. The third-order valence-electron chi connectivity index (χ3n) is 2.54. The SMILES string of the molecule is Cc1c(CO)nnn1-c1ccc(C(N)=O)cc1. The Labute approximate surface area is 97.7 Å². The molecule has 0 unspecified atom stereocenters. The maximum atomic E-state index is 10.9. The number of primary amides is 1. The predicted molar refractivity (Wildman–Crippen MR) is 60.5 cm³/mol. The molecule has 88 valence electrons. The van der Waals surface area contributed by atoms with Crippen molar-refractivity contribution in [1.29, 1.82) is 0 Å². The van der Waals surface area contributed by atoms with Crippen molar-refractivity contribution in [3.05, 3.63) is 41.2 Å². The number of aliphatic hydroxyl groups excluding tert-OH is 1. The molecular formula is C11H12N4O2. The molecule has 1 aromatic carbocycles. The summed E-state index contributed by atoms with van der Waals surface area (Å²) in [5, 5.41) is 16.8. The number of hydrogen-bond donors (Lipinski definition) is 2. The molecule has 2 rings (SSSR count). The fourth-order valence-corrected chi connectivity index (χ4v) is 1.52. The number of carbonyl (C=O) groups is 1. The average Bonchev–Trinajstić information content (AvgIpc) is 2.70. The first-order valence-corrected chi connectivity index (χ1v) is 5.05. The molecule has 1 amide bonds. The smallest absolute Gasteiger partial charge is 0.248 e. The molecule has 2 aromatic rings. The number of hydrogen-bond acceptors (Lipinski definition) is 4. The maximum absolute atomic E-state index is 10.9. The van der Waals surface area contributed by atoms with Gasteiger partial charge in [0, 0.05) is 5.56 Å². The van der Waals surface area contributed by atoms with Crippen molar-refractivity contribution in [1.82, 2.24) is 15.0 Å². The molecule has 0 fully saturated rings. The molecule has 6 heteroatoms. The second kappa shape index (κ2) is 4.34. The summed E-state index contributed by atoms with van der Waals surface area (Å²) >= 11 is 0. The van der Waals surface area contributed by atoms with Gasteiger partial charge in [-0.3, -0.25) is 4.79 Å². The topological polar surface area (TPSA) is 94.0 Å². The molecule has 3 N–H and O–H groups in total. The van der Waals surface area contributed by atoms with Crippen molar-refractivity contribution in [2.75, 3.05) is 0 Å². The molecule has 0 saturated heterocycles. The van der Waals surface area contributed by atoms with Gasteiger partial charge in [-0.05, 0) is 31.2 Å². The standard InChI is InChI=1S/C11H12N4O2/c1-7-10(6-16)13-14-15(7)9-4-2-8(3-5-9)11(12)17/h2-5,16H,6H2,1H3,(H2,12,17). The summed E-state index contributed by atoms with van der Waals surface area (Å²) in [6.45, 7) is 1.67. The Balaban J connectivity index is 2.39. The summed E-state index contributed by atoms with van der Waals surface area (Å²) in [7, 11) is 0. The highest BCUT2D eigenvalue weighted by Crippen LogP contribution is 2.13. The molecule has 0 radical (unpaired) electrons. The highest BCUT2D eigenvalue weighted by molar-refractivity contribution is 5.92. The van der Waals surface area contributed by atoms with E-state index in [-0.39, 0.29) is 6.61 Å². The van der Waals surface area contributed by atoms with E-state index in [9.17, 15) is 4.79 Å². The van der Waals surface area contributed by atoms with Crippen molar-refractivity contribution < 1.29 is 9.90 Å². The Morgan fingerprint density at radius 2 is 2.06 bits per heavy atom. The zero-order chi connectivity index (χ0) is 12.4. The van der Waals surface area contributed by atoms with Gasteiger partial charge < -0.3 is 10.8 Å². The van der Waals surface area contributed by atoms with Gasteiger partial charge in [-0.1, -0.05) is 5.21 Å². The lowest BCUT2D eigenvalue weighted by Gasteiger charge is -2.03. The van der Waals surface area contributed by atoms with Gasteiger partial charge in [-0.15, -0.1) is 5.10 Å². The van der Waals surface area contributed by atoms with Gasteiger partial charge in [0.2, 0.25) is 5.91 Å². The van der Waals surface area contributed by atoms with Crippen LogP contribution in [0.4, 0.5) is 0 Å². The molecule has 0 saturated carbocycles. The number of benzene rings is 1. The van der Waals surface area contributed by atoms with E-state index in [0.29, 0.717) is 11.3 Å². The highest BCUT2D eigenvalue weighted by Gasteiger charge is 2.09. The third-order valence-corrected chi connectivity index (χ3v) is 2.54. The summed E-state index contributed by atoms with van der Waals surface area (Å²) in [5.74, 6) is -0.470. The minimum atomic E-state index is -0.470. The second-order valence-electron chi connectivity index (χ2n) is 3.60. The Kier molecular flexibility index (Phi) is 2.88. The first-order chi connectivity index (χ1) is 8.13. The Morgan fingerprint density at radius 1 is 1.41 bits per heavy atom. The van der Waals surface area contributed by atoms with E-state index in [2.05, 4.69) is 10.3 Å². The summed E-state index contributed by atoms with van der Waals surface area (Å²) in [5.41, 5.74) is 7.65. The van der Waals surface area contributed by atoms with Gasteiger partial charge in [0.05, 0.1) is 18.0 Å². The number of aliphatic hydroxyl groups is 1. The molecule has 0 aliphatic rings. The fourth-order valence-electron chi connectivity index (χ4n) is 1.52. The van der Waals surface area contributed by atoms with Crippen LogP contribution in [0.1, 0.15) is 21.7 Å². The summed E-state index contributed by atoms with van der Waals surface area (Å²) in [6.07, 6.45) is 0. The van der Waals surface area contributed by atoms with Crippen molar-refractivity contribution in [2.45, 2.75) is 13.5 Å². The van der Waals surface area contributed by atoms with Gasteiger partial charge in [0.15, 0.2) is 0 Å². The summed E-state index contributed by atoms with van der Waals surface area (Å²) < 4.78 is 1.59. The maximum Gasteiger partial charge on any atom is 0.248 e. The average molecular weight is 232 g/mol. The van der Waals surface area contributed by atoms with Crippen LogP contribution in [0.5, 0.6) is 0 Å². The number of rotatable bonds is 3. The Morgan fingerprint density at radius 3 is 2.53 bits per heavy atom. The van der Waals surface area contributed by atoms with Crippen LogP contribution in [-0.4, -0.2) is 26.0 Å². The molecule has 1 heterocycles. The van der Waals surface area contributed by atoms with Gasteiger partial charge in [0.1, 0.15) is 5.69 Å². The van der Waals surface area contributed by atoms with Crippen LogP contribution in [0.15, 0.2) is 24.3 Å². The minimum absolute atomic E-state index is 0.148. The Hall–Kier alpha value is -2.21. The first kappa shape index (κ1) is 11.3. The highest BCUT2D eigenvalue weighted by atomic mass is 16.3. The number of carbonyl (C=O) groups excluding carboxylic acids is 1. The van der Waals surface area contributed by atoms with Gasteiger partial charge >= 0.3 is 0 Å². The lowest BCUT2D eigenvalue weighted by Crippen LogP contribution is -2.11. The fraction of sp³-hybridized carbons (Fsp3) is 0.182. The van der Waals surface area contributed by atoms with Crippen LogP contribution < -0.4 is 5.73 Å². The van der Waals surface area contributed by atoms with Crippen LogP contribution in [0.25, 0.3) is 5.69 Å². The number of amides is 1. The van der Waals surface area contributed by atoms with E-state index < -0.39 is 5.91 Å². The van der Waals surface area contributed by atoms with Crippen molar-refractivity contribution in [3.8, 4) is 5.69 Å². The molecule has 6 nitrogen and oxygen atoms in total. The van der Waals surface area contributed by atoms with Crippen LogP contribution in [0.3, 0.4) is 0 Å². The normalized spacial score (nSPS) is 10.5. The lowest BCUT2D eigenvalue weighted by atomic mass is 10.2. The van der Waals surface area contributed by atoms with E-state index in [1.807, 2.05) is 6.92 Å². The molecular weight excluding hydrogens is 220 g/mol. The number of nitrogens with two attached hydrogens (primary N) is 1. The second-order valence-corrected chi connectivity index (χ2v) is 3.60. The van der Waals surface area contributed by atoms with Crippen LogP contribution in [0, 0.1) is 6.92 Å². The molecule has 0 spiro atoms. The largest absolute Gasteiger partial charge is 0.390 e. The molecule has 0 aliphatic heterocycles. The van der Waals surface area contributed by atoms with E-state index in [0.717, 1.165) is 11.4 Å². The van der Waals surface area contributed by atoms with Crippen molar-refractivity contribution in [3.63, 3.8) is 0 Å². The van der Waals surface area contributed by atoms with Crippen LogP contribution in [0.2, 0.25) is 0 Å². The first-order valence-electron chi connectivity index (χ1n) is 5.05. The van der Waals surface area contributed by atoms with Crippen molar-refractivity contribution >= 4 is 5.91 Å². The van der Waals surface area contributed by atoms with Crippen LogP contribution >= 0.6 is 0 Å². The van der Waals surface area contributed by atoms with Crippen molar-refractivity contribution in [2.24, 2.45) is 5.73 Å². The molecule has 0 bridgehead atoms. The van der Waals surface area contributed by atoms with Gasteiger partial charge in [-0.2, -0.15) is 0 Å². The molecule has 0 aliphatic carbocycles. The van der Waals surface area contributed by atoms with E-state index in [4.69, 9.17) is 10.8 Å². The summed E-state index contributed by atoms with van der Waals surface area (Å²) in [6, 6.07) is 6.70. The third kappa shape index (κ3) is 2.02. The monoisotopic (exact) mass is 232 g/mol. The zero-order valence-electron chi connectivity index (χ0n) is 9.29. The predicted octanol–water partition coefficient (Wildman–Crippen LogP) is 0.167. The molecule has 1 aromatic heterocycles. The van der Waals surface area contributed by atoms with E-state index in [1.54, 1.807) is 28.9 Å². The van der Waals surface area contributed by atoms with Crippen LogP contribution in [-0.2, 0) is 6.61 Å². The molecule has 17 heavy (non-hydrogen) atoms. The number of aromatic nitrogens is 3. The number of nitrogens with zero attached hydrogens (tertiary/aromatic N) is 3. The quantitative estimate of drug-likeness (QED) is 0.788.